The van der Waals surface area contributed by atoms with Crippen molar-refractivity contribution in [1.29, 1.82) is 0 Å². The average Bonchev–Trinajstić information content (AvgIpc) is 3.15. The van der Waals surface area contributed by atoms with E-state index in [4.69, 9.17) is 0 Å². The third-order valence-corrected chi connectivity index (χ3v) is 5.40. The summed E-state index contributed by atoms with van der Waals surface area (Å²) in [5.41, 5.74) is 4.31. The fraction of sp³-hybridized carbons (Fsp3) is 0.227. The standard InChI is InChI=1S/C22H22N6O4/c1-26-19-18(20(31)27(2)22(26)32)28(11-10-14-6-4-3-5-7-14)21(24-19)25-23-13-15-8-9-16(29)12-17(15)30/h3-9,12-13,18H,10-11H2,1-2H3,(H2,23,29,30)/p+1. The predicted octanol–water partition coefficient (Wildman–Crippen LogP) is 0.937. The second kappa shape index (κ2) is 8.50. The van der Waals surface area contributed by atoms with Crippen molar-refractivity contribution >= 4 is 29.9 Å². The minimum atomic E-state index is -0.744. The van der Waals surface area contributed by atoms with Crippen LogP contribution in [0.25, 0.3) is 0 Å². The Labute approximate surface area is 184 Å². The molecule has 164 valence electrons. The zero-order valence-electron chi connectivity index (χ0n) is 17.6. The summed E-state index contributed by atoms with van der Waals surface area (Å²) in [6.45, 7) is 0.464. The van der Waals surface area contributed by atoms with Gasteiger partial charge in [0.25, 0.3) is 5.91 Å². The van der Waals surface area contributed by atoms with E-state index in [9.17, 15) is 19.8 Å². The SMILES string of the molecule is CN1C(=O)C2C(=NC(N/N=C/c3ccc(O)cc3O)=[N+]2CCc2ccccc2)N(C)C1=O. The molecule has 0 bridgehead atoms. The molecule has 1 saturated heterocycles. The molecule has 4 rings (SSSR count). The van der Waals surface area contributed by atoms with Gasteiger partial charge in [0.2, 0.25) is 11.9 Å². The zero-order chi connectivity index (χ0) is 22.8. The fourth-order valence-electron chi connectivity index (χ4n) is 3.62. The number of fused-ring (bicyclic) bond motifs is 1. The minimum absolute atomic E-state index is 0.0596. The molecule has 1 atom stereocenters. The first-order valence-corrected chi connectivity index (χ1v) is 9.99. The van der Waals surface area contributed by atoms with Gasteiger partial charge >= 0.3 is 12.0 Å². The van der Waals surface area contributed by atoms with E-state index in [1.165, 1.54) is 36.4 Å². The monoisotopic (exact) mass is 435 g/mol. The number of guanidine groups is 1. The number of carbonyl (C=O) groups is 2. The van der Waals surface area contributed by atoms with E-state index >= 15 is 0 Å². The lowest BCUT2D eigenvalue weighted by molar-refractivity contribution is -0.536. The number of likely N-dealkylation sites (N-methyl/N-ethyl adjacent to an activating group) is 2. The van der Waals surface area contributed by atoms with Gasteiger partial charge in [0.15, 0.2) is 0 Å². The van der Waals surface area contributed by atoms with Crippen LogP contribution in [0.5, 0.6) is 11.5 Å². The molecular formula is C22H23N6O4+. The van der Waals surface area contributed by atoms with Crippen LogP contribution in [-0.2, 0) is 11.2 Å². The van der Waals surface area contributed by atoms with Gasteiger partial charge in [0, 0.05) is 32.1 Å². The quantitative estimate of drug-likeness (QED) is 0.367. The maximum Gasteiger partial charge on any atom is 0.413 e. The van der Waals surface area contributed by atoms with Gasteiger partial charge in [-0.2, -0.15) is 5.43 Å². The second-order valence-corrected chi connectivity index (χ2v) is 7.48. The summed E-state index contributed by atoms with van der Waals surface area (Å²) < 4.78 is 1.78. The summed E-state index contributed by atoms with van der Waals surface area (Å²) in [6, 6.07) is 12.8. The van der Waals surface area contributed by atoms with E-state index in [-0.39, 0.29) is 17.4 Å². The van der Waals surface area contributed by atoms with Crippen molar-refractivity contribution in [2.45, 2.75) is 12.5 Å². The molecular weight excluding hydrogens is 412 g/mol. The number of rotatable bonds is 5. The van der Waals surface area contributed by atoms with E-state index in [1.54, 1.807) is 11.6 Å². The number of amides is 3. The number of hydrogen-bond donors (Lipinski definition) is 3. The number of amidine groups is 1. The number of benzene rings is 2. The second-order valence-electron chi connectivity index (χ2n) is 7.48. The van der Waals surface area contributed by atoms with E-state index in [2.05, 4.69) is 15.5 Å². The van der Waals surface area contributed by atoms with Crippen molar-refractivity contribution in [3.05, 3.63) is 59.7 Å². The van der Waals surface area contributed by atoms with E-state index in [1.807, 2.05) is 30.3 Å². The highest BCUT2D eigenvalue weighted by Gasteiger charge is 2.51. The number of phenols is 2. The number of nitrogens with one attached hydrogen (secondary N) is 1. The van der Waals surface area contributed by atoms with E-state index < -0.39 is 12.1 Å². The molecule has 1 fully saturated rings. The van der Waals surface area contributed by atoms with Gasteiger partial charge in [-0.3, -0.25) is 14.6 Å². The summed E-state index contributed by atoms with van der Waals surface area (Å²) in [6.07, 6.45) is 2.03. The third-order valence-electron chi connectivity index (χ3n) is 5.40. The number of aliphatic imine (C=N–C) groups is 1. The van der Waals surface area contributed by atoms with Crippen LogP contribution in [0.1, 0.15) is 11.1 Å². The predicted molar refractivity (Wildman–Crippen MR) is 118 cm³/mol. The Balaban J connectivity index is 1.63. The Morgan fingerprint density at radius 2 is 1.88 bits per heavy atom. The first-order valence-electron chi connectivity index (χ1n) is 9.99. The van der Waals surface area contributed by atoms with Gasteiger partial charge in [-0.25, -0.2) is 9.37 Å². The van der Waals surface area contributed by atoms with Crippen LogP contribution in [-0.4, -0.2) is 81.2 Å². The lowest BCUT2D eigenvalue weighted by atomic mass is 10.1. The van der Waals surface area contributed by atoms with Gasteiger partial charge in [0.05, 0.1) is 12.8 Å². The van der Waals surface area contributed by atoms with Gasteiger partial charge in [-0.15, -0.1) is 5.10 Å². The number of carbonyl (C=O) groups excluding carboxylic acids is 2. The lowest BCUT2D eigenvalue weighted by Crippen LogP contribution is -2.61. The van der Waals surface area contributed by atoms with Crippen molar-refractivity contribution < 1.29 is 24.4 Å². The lowest BCUT2D eigenvalue weighted by Gasteiger charge is -2.31. The molecule has 2 aliphatic rings. The number of phenolic OH excluding ortho intramolecular Hbond substituents is 2. The molecule has 0 aromatic heterocycles. The van der Waals surface area contributed by atoms with Crippen LogP contribution in [0.15, 0.2) is 58.6 Å². The molecule has 1 unspecified atom stereocenters. The average molecular weight is 435 g/mol. The number of aromatic hydroxyl groups is 2. The molecule has 2 aromatic rings. The maximum absolute atomic E-state index is 12.9. The maximum atomic E-state index is 12.9. The molecule has 0 aliphatic carbocycles. The van der Waals surface area contributed by atoms with Crippen molar-refractivity contribution in [3.63, 3.8) is 0 Å². The molecule has 0 radical (unpaired) electrons. The van der Waals surface area contributed by atoms with Gasteiger partial charge in [-0.05, 0) is 17.7 Å². The van der Waals surface area contributed by atoms with Gasteiger partial charge < -0.3 is 10.2 Å². The fourth-order valence-corrected chi connectivity index (χ4v) is 3.62. The Bertz CT molecular complexity index is 1160. The van der Waals surface area contributed by atoms with Crippen LogP contribution in [0.3, 0.4) is 0 Å². The summed E-state index contributed by atoms with van der Waals surface area (Å²) in [7, 11) is 3.03. The molecule has 0 saturated carbocycles. The van der Waals surface area contributed by atoms with Crippen molar-refractivity contribution in [3.8, 4) is 11.5 Å². The molecule has 0 spiro atoms. The highest BCUT2D eigenvalue weighted by Crippen LogP contribution is 2.21. The Morgan fingerprint density at radius 3 is 2.59 bits per heavy atom. The summed E-state index contributed by atoms with van der Waals surface area (Å²) in [4.78, 5) is 32.2. The number of nitrogens with zero attached hydrogens (tertiary/aromatic N) is 5. The highest BCUT2D eigenvalue weighted by molar-refractivity contribution is 6.22. The summed E-state index contributed by atoms with van der Waals surface area (Å²) in [5.74, 6) is 0.0951. The van der Waals surface area contributed by atoms with Crippen molar-refractivity contribution in [2.24, 2.45) is 10.1 Å². The van der Waals surface area contributed by atoms with Crippen LogP contribution in [0.4, 0.5) is 4.79 Å². The molecule has 2 aromatic carbocycles. The summed E-state index contributed by atoms with van der Waals surface area (Å²) >= 11 is 0. The molecule has 3 N–H and O–H groups in total. The van der Waals surface area contributed by atoms with Crippen molar-refractivity contribution in [1.82, 2.24) is 15.2 Å². The molecule has 32 heavy (non-hydrogen) atoms. The molecule has 2 aliphatic heterocycles. The van der Waals surface area contributed by atoms with Gasteiger partial charge in [-0.1, -0.05) is 35.3 Å². The third kappa shape index (κ3) is 3.89. The van der Waals surface area contributed by atoms with Crippen LogP contribution >= 0.6 is 0 Å². The van der Waals surface area contributed by atoms with E-state index in [0.717, 1.165) is 10.5 Å². The largest absolute Gasteiger partial charge is 0.508 e. The van der Waals surface area contributed by atoms with Crippen LogP contribution in [0.2, 0.25) is 0 Å². The summed E-state index contributed by atoms with van der Waals surface area (Å²) in [5, 5.41) is 23.5. The molecule has 10 heteroatoms. The molecule has 10 nitrogen and oxygen atoms in total. The molecule has 2 heterocycles. The molecule has 3 amide bonds. The zero-order valence-corrected chi connectivity index (χ0v) is 17.6. The van der Waals surface area contributed by atoms with Gasteiger partial charge in [0.1, 0.15) is 11.5 Å². The van der Waals surface area contributed by atoms with Crippen LogP contribution < -0.4 is 5.43 Å². The van der Waals surface area contributed by atoms with E-state index in [0.29, 0.717) is 30.3 Å². The first kappa shape index (κ1) is 21.0. The van der Waals surface area contributed by atoms with Crippen LogP contribution in [0, 0.1) is 0 Å². The Morgan fingerprint density at radius 1 is 1.12 bits per heavy atom. The number of urea groups is 1. The highest BCUT2D eigenvalue weighted by atomic mass is 16.3. The normalized spacial score (nSPS) is 18.4. The number of imide groups is 1. The first-order chi connectivity index (χ1) is 15.4. The Hall–Kier alpha value is -4.21. The van der Waals surface area contributed by atoms with Crippen molar-refractivity contribution in [2.75, 3.05) is 20.6 Å². The minimum Gasteiger partial charge on any atom is -0.508 e. The topological polar surface area (TPSA) is 121 Å². The number of hydrogen-bond acceptors (Lipinski definition) is 7. The Kier molecular flexibility index (Phi) is 5.59. The number of hydrazone groups is 1. The smallest absolute Gasteiger partial charge is 0.413 e.